The van der Waals surface area contributed by atoms with Crippen molar-refractivity contribution in [1.82, 2.24) is 4.31 Å². The van der Waals surface area contributed by atoms with E-state index in [1.807, 2.05) is 6.92 Å². The summed E-state index contributed by atoms with van der Waals surface area (Å²) in [5, 5.41) is 2.65. The number of ether oxygens (including phenoxy) is 2. The zero-order valence-electron chi connectivity index (χ0n) is 14.3. The van der Waals surface area contributed by atoms with Crippen LogP contribution in [0.3, 0.4) is 0 Å². The maximum absolute atomic E-state index is 13.1. The number of fused-ring (bicyclic) bond motifs is 1. The molecule has 8 nitrogen and oxygen atoms in total. The zero-order chi connectivity index (χ0) is 18.2. The Morgan fingerprint density at radius 1 is 1.44 bits per heavy atom. The molecular weight excluding hydrogens is 346 g/mol. The lowest BCUT2D eigenvalue weighted by atomic mass is 9.93. The monoisotopic (exact) mass is 369 g/mol. The first kappa shape index (κ1) is 18.0. The number of nitrogens with one attached hydrogen (secondary N) is 1. The van der Waals surface area contributed by atoms with Crippen molar-refractivity contribution in [2.75, 3.05) is 32.1 Å². The van der Waals surface area contributed by atoms with E-state index in [0.29, 0.717) is 24.5 Å². The quantitative estimate of drug-likeness (QED) is 0.811. The van der Waals surface area contributed by atoms with Crippen molar-refractivity contribution in [3.63, 3.8) is 0 Å². The minimum atomic E-state index is -3.76. The highest BCUT2D eigenvalue weighted by Gasteiger charge is 2.34. The lowest BCUT2D eigenvalue weighted by Gasteiger charge is -2.34. The summed E-state index contributed by atoms with van der Waals surface area (Å²) in [7, 11) is -2.36. The summed E-state index contributed by atoms with van der Waals surface area (Å²) in [5.74, 6) is 0.329. The molecule has 0 aromatic heterocycles. The van der Waals surface area contributed by atoms with E-state index >= 15 is 0 Å². The van der Waals surface area contributed by atoms with Crippen LogP contribution in [-0.4, -0.2) is 51.5 Å². The molecule has 2 heterocycles. The van der Waals surface area contributed by atoms with Gasteiger partial charge in [0, 0.05) is 31.3 Å². The Hall–Kier alpha value is -1.84. The van der Waals surface area contributed by atoms with Crippen molar-refractivity contribution >= 4 is 21.6 Å². The topological polar surface area (TPSA) is 111 Å². The molecule has 1 amide bonds. The first-order chi connectivity index (χ1) is 11.8. The van der Waals surface area contributed by atoms with E-state index in [2.05, 4.69) is 5.32 Å². The molecule has 1 saturated heterocycles. The standard InChI is InChI=1S/C16H23N3O5S/c1-10(17)11-4-3-5-19(8-11)25(21,22)15-7-13-12(6-14(15)23-2)18-16(20)9-24-13/h6-7,10-11H,3-5,8-9,17H2,1-2H3,(H,18,20). The van der Waals surface area contributed by atoms with Gasteiger partial charge in [-0.1, -0.05) is 0 Å². The average Bonchev–Trinajstić information content (AvgIpc) is 2.60. The summed E-state index contributed by atoms with van der Waals surface area (Å²) >= 11 is 0. The number of benzene rings is 1. The van der Waals surface area contributed by atoms with Crippen LogP contribution in [0.25, 0.3) is 0 Å². The number of nitrogens with two attached hydrogens (primary N) is 1. The molecule has 2 atom stereocenters. The van der Waals surface area contributed by atoms with Crippen molar-refractivity contribution in [3.8, 4) is 11.5 Å². The van der Waals surface area contributed by atoms with E-state index in [-0.39, 0.29) is 35.1 Å². The summed E-state index contributed by atoms with van der Waals surface area (Å²) in [5.41, 5.74) is 6.37. The SMILES string of the molecule is COc1cc2c(cc1S(=O)(=O)N1CCCC(C(C)N)C1)OCC(=O)N2. The zero-order valence-corrected chi connectivity index (χ0v) is 15.1. The van der Waals surface area contributed by atoms with Crippen molar-refractivity contribution < 1.29 is 22.7 Å². The lowest BCUT2D eigenvalue weighted by molar-refractivity contribution is -0.118. The number of methoxy groups -OCH3 is 1. The highest BCUT2D eigenvalue weighted by Crippen LogP contribution is 2.39. The minimum absolute atomic E-state index is 0.0372. The number of nitrogens with zero attached hydrogens (tertiary/aromatic N) is 1. The molecule has 0 aliphatic carbocycles. The van der Waals surface area contributed by atoms with Crippen LogP contribution < -0.4 is 20.5 Å². The Balaban J connectivity index is 1.98. The van der Waals surface area contributed by atoms with Crippen LogP contribution in [0.5, 0.6) is 11.5 Å². The number of sulfonamides is 1. The Labute approximate surface area is 147 Å². The van der Waals surface area contributed by atoms with Crippen LogP contribution >= 0.6 is 0 Å². The van der Waals surface area contributed by atoms with Gasteiger partial charge >= 0.3 is 0 Å². The summed E-state index contributed by atoms with van der Waals surface area (Å²) in [4.78, 5) is 11.5. The third-order valence-corrected chi connectivity index (χ3v) is 6.57. The van der Waals surface area contributed by atoms with Crippen molar-refractivity contribution in [2.24, 2.45) is 11.7 Å². The van der Waals surface area contributed by atoms with E-state index in [0.717, 1.165) is 12.8 Å². The Morgan fingerprint density at radius 2 is 2.20 bits per heavy atom. The second kappa shape index (κ2) is 6.81. The smallest absolute Gasteiger partial charge is 0.262 e. The van der Waals surface area contributed by atoms with Gasteiger partial charge in [-0.25, -0.2) is 8.42 Å². The number of carbonyl (C=O) groups is 1. The second-order valence-corrected chi connectivity index (χ2v) is 8.37. The number of hydrogen-bond donors (Lipinski definition) is 2. The van der Waals surface area contributed by atoms with E-state index in [9.17, 15) is 13.2 Å². The predicted octanol–water partition coefficient (Wildman–Crippen LogP) is 0.774. The molecule has 138 valence electrons. The molecule has 25 heavy (non-hydrogen) atoms. The third-order valence-electron chi connectivity index (χ3n) is 4.68. The van der Waals surface area contributed by atoms with Crippen LogP contribution in [0.2, 0.25) is 0 Å². The van der Waals surface area contributed by atoms with Crippen LogP contribution in [-0.2, 0) is 14.8 Å². The molecule has 0 radical (unpaired) electrons. The molecule has 1 fully saturated rings. The van der Waals surface area contributed by atoms with Gasteiger partial charge in [-0.2, -0.15) is 4.31 Å². The summed E-state index contributed by atoms with van der Waals surface area (Å²) < 4.78 is 38.4. The predicted molar refractivity (Wildman–Crippen MR) is 92.3 cm³/mol. The highest BCUT2D eigenvalue weighted by molar-refractivity contribution is 7.89. The Kier molecular flexibility index (Phi) is 4.90. The maximum atomic E-state index is 13.1. The molecule has 2 aliphatic heterocycles. The fourth-order valence-corrected chi connectivity index (χ4v) is 4.90. The molecule has 1 aromatic carbocycles. The molecule has 2 aliphatic rings. The highest BCUT2D eigenvalue weighted by atomic mass is 32.2. The molecule has 3 rings (SSSR count). The van der Waals surface area contributed by atoms with Gasteiger partial charge in [0.15, 0.2) is 6.61 Å². The molecule has 0 saturated carbocycles. The Bertz CT molecular complexity index is 778. The van der Waals surface area contributed by atoms with Crippen LogP contribution in [0.1, 0.15) is 19.8 Å². The summed E-state index contributed by atoms with van der Waals surface area (Å²) in [6.45, 7) is 2.59. The fraction of sp³-hybridized carbons (Fsp3) is 0.562. The van der Waals surface area contributed by atoms with Crippen LogP contribution in [0, 0.1) is 5.92 Å². The fourth-order valence-electron chi connectivity index (χ4n) is 3.21. The van der Waals surface area contributed by atoms with Gasteiger partial charge < -0.3 is 20.5 Å². The first-order valence-electron chi connectivity index (χ1n) is 8.23. The number of piperidine rings is 1. The van der Waals surface area contributed by atoms with Gasteiger partial charge in [-0.05, 0) is 25.7 Å². The van der Waals surface area contributed by atoms with E-state index in [1.165, 1.54) is 23.5 Å². The van der Waals surface area contributed by atoms with Gasteiger partial charge in [0.2, 0.25) is 10.0 Å². The number of carbonyl (C=O) groups excluding carboxylic acids is 1. The molecular formula is C16H23N3O5S. The van der Waals surface area contributed by atoms with Crippen molar-refractivity contribution in [1.29, 1.82) is 0 Å². The van der Waals surface area contributed by atoms with Crippen molar-refractivity contribution in [3.05, 3.63) is 12.1 Å². The van der Waals surface area contributed by atoms with Gasteiger partial charge in [0.05, 0.1) is 12.8 Å². The van der Waals surface area contributed by atoms with Gasteiger partial charge in [-0.15, -0.1) is 0 Å². The third kappa shape index (κ3) is 3.44. The Morgan fingerprint density at radius 3 is 2.88 bits per heavy atom. The number of hydrogen-bond acceptors (Lipinski definition) is 6. The van der Waals surface area contributed by atoms with Gasteiger partial charge in [-0.3, -0.25) is 4.79 Å². The number of rotatable bonds is 4. The number of amides is 1. The van der Waals surface area contributed by atoms with Crippen molar-refractivity contribution in [2.45, 2.75) is 30.7 Å². The molecule has 9 heteroatoms. The molecule has 0 bridgehead atoms. The first-order valence-corrected chi connectivity index (χ1v) is 9.67. The van der Waals surface area contributed by atoms with E-state index < -0.39 is 10.0 Å². The molecule has 2 unspecified atom stereocenters. The van der Waals surface area contributed by atoms with Crippen LogP contribution in [0.4, 0.5) is 5.69 Å². The maximum Gasteiger partial charge on any atom is 0.262 e. The second-order valence-electron chi connectivity index (χ2n) is 6.46. The van der Waals surface area contributed by atoms with E-state index in [1.54, 1.807) is 0 Å². The number of anilines is 1. The molecule has 3 N–H and O–H groups in total. The van der Waals surface area contributed by atoms with E-state index in [4.69, 9.17) is 15.2 Å². The minimum Gasteiger partial charge on any atom is -0.495 e. The largest absolute Gasteiger partial charge is 0.495 e. The molecule has 1 aromatic rings. The summed E-state index contributed by atoms with van der Waals surface area (Å²) in [6, 6.07) is 2.83. The van der Waals surface area contributed by atoms with Gasteiger partial charge in [0.1, 0.15) is 16.4 Å². The van der Waals surface area contributed by atoms with Gasteiger partial charge in [0.25, 0.3) is 5.91 Å². The summed E-state index contributed by atoms with van der Waals surface area (Å²) in [6.07, 6.45) is 1.69. The molecule has 0 spiro atoms. The average molecular weight is 369 g/mol. The van der Waals surface area contributed by atoms with Crippen LogP contribution in [0.15, 0.2) is 17.0 Å². The lowest BCUT2D eigenvalue weighted by Crippen LogP contribution is -2.45. The normalized spacial score (nSPS) is 22.5.